The SMILES string of the molecule is Cc1c(C)c(C)c(CSC(=Nc2ccc(C(C)C)cc2)N2CCOCC2)c(C)c1C. The third-order valence-corrected chi connectivity index (χ3v) is 7.61. The van der Waals surface area contributed by atoms with Gasteiger partial charge in [0, 0.05) is 18.8 Å². The number of aliphatic imine (C=N–C) groups is 1. The Hall–Kier alpha value is -1.78. The van der Waals surface area contributed by atoms with Crippen molar-refractivity contribution in [1.82, 2.24) is 4.90 Å². The van der Waals surface area contributed by atoms with Gasteiger partial charge in [-0.3, -0.25) is 0 Å². The van der Waals surface area contributed by atoms with Gasteiger partial charge in [-0.2, -0.15) is 0 Å². The number of benzene rings is 2. The second-order valence-electron chi connectivity index (χ2n) is 8.63. The first-order valence-corrected chi connectivity index (χ1v) is 12.0. The van der Waals surface area contributed by atoms with E-state index in [0.717, 1.165) is 42.9 Å². The monoisotopic (exact) mass is 424 g/mol. The molecular formula is C26H36N2OS. The van der Waals surface area contributed by atoms with Gasteiger partial charge in [0.15, 0.2) is 5.17 Å². The first-order valence-electron chi connectivity index (χ1n) is 11.0. The third-order valence-electron chi connectivity index (χ3n) is 6.57. The average Bonchev–Trinajstić information content (AvgIpc) is 2.76. The Morgan fingerprint density at radius 2 is 1.43 bits per heavy atom. The highest BCUT2D eigenvalue weighted by molar-refractivity contribution is 8.13. The molecule has 0 unspecified atom stereocenters. The van der Waals surface area contributed by atoms with Crippen molar-refractivity contribution in [2.24, 2.45) is 4.99 Å². The molecule has 3 rings (SSSR count). The van der Waals surface area contributed by atoms with Crippen LogP contribution in [-0.4, -0.2) is 36.4 Å². The van der Waals surface area contributed by atoms with Crippen molar-refractivity contribution in [1.29, 1.82) is 0 Å². The fraction of sp³-hybridized carbons (Fsp3) is 0.500. The lowest BCUT2D eigenvalue weighted by Gasteiger charge is -2.30. The van der Waals surface area contributed by atoms with Crippen LogP contribution < -0.4 is 0 Å². The molecule has 1 aliphatic heterocycles. The fourth-order valence-corrected chi connectivity index (χ4v) is 5.17. The zero-order valence-electron chi connectivity index (χ0n) is 19.6. The molecule has 0 saturated carbocycles. The van der Waals surface area contributed by atoms with E-state index in [1.807, 2.05) is 11.8 Å². The Morgan fingerprint density at radius 1 is 0.900 bits per heavy atom. The molecule has 2 aromatic carbocycles. The summed E-state index contributed by atoms with van der Waals surface area (Å²) in [6.07, 6.45) is 0. The molecule has 0 radical (unpaired) electrons. The van der Waals surface area contributed by atoms with Crippen molar-refractivity contribution in [3.63, 3.8) is 0 Å². The highest BCUT2D eigenvalue weighted by Crippen LogP contribution is 2.31. The lowest BCUT2D eigenvalue weighted by Crippen LogP contribution is -2.39. The number of nitrogens with zero attached hydrogens (tertiary/aromatic N) is 2. The van der Waals surface area contributed by atoms with Crippen molar-refractivity contribution in [2.45, 2.75) is 60.1 Å². The molecule has 4 heteroatoms. The van der Waals surface area contributed by atoms with Gasteiger partial charge in [-0.05, 0) is 91.6 Å². The molecule has 0 amide bonds. The lowest BCUT2D eigenvalue weighted by molar-refractivity contribution is 0.0693. The maximum atomic E-state index is 5.58. The number of rotatable bonds is 4. The number of thioether (sulfide) groups is 1. The molecule has 1 heterocycles. The van der Waals surface area contributed by atoms with Crippen LogP contribution in [0.4, 0.5) is 5.69 Å². The van der Waals surface area contributed by atoms with Crippen LogP contribution in [0.1, 0.15) is 58.7 Å². The van der Waals surface area contributed by atoms with E-state index in [-0.39, 0.29) is 0 Å². The van der Waals surface area contributed by atoms with Gasteiger partial charge in [-0.1, -0.05) is 37.7 Å². The molecule has 0 aliphatic carbocycles. The van der Waals surface area contributed by atoms with Crippen molar-refractivity contribution >= 4 is 22.6 Å². The zero-order valence-corrected chi connectivity index (χ0v) is 20.4. The Balaban J connectivity index is 1.89. The molecule has 0 atom stereocenters. The third kappa shape index (κ3) is 5.09. The summed E-state index contributed by atoms with van der Waals surface area (Å²) in [4.78, 5) is 7.45. The van der Waals surface area contributed by atoms with E-state index < -0.39 is 0 Å². The predicted molar refractivity (Wildman–Crippen MR) is 131 cm³/mol. The standard InChI is InChI=1S/C26H36N2OS/c1-17(2)23-8-10-24(11-9-23)27-26(28-12-14-29-15-13-28)30-16-25-21(6)19(4)18(3)20(5)22(25)7/h8-11,17H,12-16H2,1-7H3. The first kappa shape index (κ1) is 22.9. The Kier molecular flexibility index (Phi) is 7.65. The van der Waals surface area contributed by atoms with Crippen molar-refractivity contribution in [2.75, 3.05) is 26.3 Å². The van der Waals surface area contributed by atoms with E-state index in [9.17, 15) is 0 Å². The number of ether oxygens (including phenoxy) is 1. The fourth-order valence-electron chi connectivity index (χ4n) is 3.92. The van der Waals surface area contributed by atoms with Crippen molar-refractivity contribution in [3.05, 3.63) is 63.2 Å². The highest BCUT2D eigenvalue weighted by atomic mass is 32.2. The van der Waals surface area contributed by atoms with Gasteiger partial charge in [0.1, 0.15) is 0 Å². The summed E-state index contributed by atoms with van der Waals surface area (Å²) in [5.74, 6) is 1.48. The molecule has 162 valence electrons. The summed E-state index contributed by atoms with van der Waals surface area (Å²) in [5, 5.41) is 1.10. The molecule has 1 fully saturated rings. The number of hydrogen-bond donors (Lipinski definition) is 0. The minimum absolute atomic E-state index is 0.537. The van der Waals surface area contributed by atoms with Crippen LogP contribution in [0, 0.1) is 34.6 Å². The second-order valence-corrected chi connectivity index (χ2v) is 9.57. The molecule has 0 spiro atoms. The Labute approximate surface area is 186 Å². The van der Waals surface area contributed by atoms with Crippen LogP contribution in [0.2, 0.25) is 0 Å². The molecule has 1 aliphatic rings. The normalized spacial score (nSPS) is 15.2. The quantitative estimate of drug-likeness (QED) is 0.408. The van der Waals surface area contributed by atoms with Gasteiger partial charge in [-0.15, -0.1) is 0 Å². The molecule has 30 heavy (non-hydrogen) atoms. The summed E-state index contributed by atoms with van der Waals surface area (Å²) in [5.41, 5.74) is 10.9. The highest BCUT2D eigenvalue weighted by Gasteiger charge is 2.18. The second kappa shape index (κ2) is 10.0. The van der Waals surface area contributed by atoms with Crippen LogP contribution in [0.3, 0.4) is 0 Å². The average molecular weight is 425 g/mol. The Bertz CT molecular complexity index is 881. The van der Waals surface area contributed by atoms with Crippen molar-refractivity contribution in [3.8, 4) is 0 Å². The molecule has 1 saturated heterocycles. The van der Waals surface area contributed by atoms with Gasteiger partial charge in [-0.25, -0.2) is 4.99 Å². The summed E-state index contributed by atoms with van der Waals surface area (Å²) in [6, 6.07) is 8.69. The summed E-state index contributed by atoms with van der Waals surface area (Å²) in [6.45, 7) is 19.1. The van der Waals surface area contributed by atoms with Gasteiger partial charge in [0.25, 0.3) is 0 Å². The smallest absolute Gasteiger partial charge is 0.164 e. The van der Waals surface area contributed by atoms with Crippen LogP contribution in [0.25, 0.3) is 0 Å². The summed E-state index contributed by atoms with van der Waals surface area (Å²) < 4.78 is 5.58. The van der Waals surface area contributed by atoms with Crippen LogP contribution in [0.5, 0.6) is 0 Å². The molecule has 0 N–H and O–H groups in total. The topological polar surface area (TPSA) is 24.8 Å². The van der Waals surface area contributed by atoms with Crippen LogP contribution >= 0.6 is 11.8 Å². The predicted octanol–water partition coefficient (Wildman–Crippen LogP) is 6.61. The molecule has 2 aromatic rings. The van der Waals surface area contributed by atoms with Crippen LogP contribution in [-0.2, 0) is 10.5 Å². The molecular weight excluding hydrogens is 388 g/mol. The number of hydrogen-bond acceptors (Lipinski definition) is 3. The van der Waals surface area contributed by atoms with Gasteiger partial charge in [0.05, 0.1) is 18.9 Å². The summed E-state index contributed by atoms with van der Waals surface area (Å²) >= 11 is 1.86. The van der Waals surface area contributed by atoms with E-state index >= 15 is 0 Å². The maximum Gasteiger partial charge on any atom is 0.164 e. The van der Waals surface area contributed by atoms with E-state index in [2.05, 4.69) is 77.6 Å². The van der Waals surface area contributed by atoms with Gasteiger partial charge in [0.2, 0.25) is 0 Å². The Morgan fingerprint density at radius 3 is 1.97 bits per heavy atom. The zero-order chi connectivity index (χ0) is 21.8. The largest absolute Gasteiger partial charge is 0.378 e. The molecule has 0 aromatic heterocycles. The summed E-state index contributed by atoms with van der Waals surface area (Å²) in [7, 11) is 0. The number of amidine groups is 1. The molecule has 3 nitrogen and oxygen atoms in total. The maximum absolute atomic E-state index is 5.58. The van der Waals surface area contributed by atoms with E-state index in [1.54, 1.807) is 0 Å². The first-order chi connectivity index (χ1) is 14.3. The van der Waals surface area contributed by atoms with E-state index in [1.165, 1.54) is 38.9 Å². The minimum Gasteiger partial charge on any atom is -0.378 e. The van der Waals surface area contributed by atoms with E-state index in [0.29, 0.717) is 5.92 Å². The van der Waals surface area contributed by atoms with Crippen molar-refractivity contribution < 1.29 is 4.74 Å². The van der Waals surface area contributed by atoms with Crippen LogP contribution in [0.15, 0.2) is 29.3 Å². The van der Waals surface area contributed by atoms with Gasteiger partial charge < -0.3 is 9.64 Å². The minimum atomic E-state index is 0.537. The number of morpholine rings is 1. The van der Waals surface area contributed by atoms with Gasteiger partial charge >= 0.3 is 0 Å². The van der Waals surface area contributed by atoms with E-state index in [4.69, 9.17) is 9.73 Å². The lowest BCUT2D eigenvalue weighted by atomic mass is 9.90. The molecule has 0 bridgehead atoms.